The molecule has 0 saturated heterocycles. The zero-order chi connectivity index (χ0) is 26.9. The van der Waals surface area contributed by atoms with Crippen LogP contribution in [0, 0.1) is 0 Å². The first-order valence-corrected chi connectivity index (χ1v) is 13.8. The average Bonchev–Trinajstić information content (AvgIpc) is 3.35. The molecule has 0 aliphatic rings. The number of halogens is 3. The minimum atomic E-state index is -0.308. The Hall–Kier alpha value is -3.72. The van der Waals surface area contributed by atoms with Gasteiger partial charge in [-0.15, -0.1) is 0 Å². The van der Waals surface area contributed by atoms with Gasteiger partial charge in [0.1, 0.15) is 17.9 Å². The summed E-state index contributed by atoms with van der Waals surface area (Å²) >= 11 is 13.2. The monoisotopic (exact) mass is 661 g/mol. The van der Waals surface area contributed by atoms with E-state index in [2.05, 4.69) is 37.0 Å². The van der Waals surface area contributed by atoms with Crippen molar-refractivity contribution in [3.63, 3.8) is 0 Å². The first kappa shape index (κ1) is 25.6. The second kappa shape index (κ2) is 10.8. The summed E-state index contributed by atoms with van der Waals surface area (Å²) in [5.41, 5.74) is 2.65. The van der Waals surface area contributed by atoms with E-state index in [1.54, 1.807) is 48.7 Å². The van der Waals surface area contributed by atoms with Crippen LogP contribution in [-0.4, -0.2) is 15.9 Å². The highest BCUT2D eigenvalue weighted by Crippen LogP contribution is 2.29. The Morgan fingerprint density at radius 3 is 2.72 bits per heavy atom. The van der Waals surface area contributed by atoms with Crippen molar-refractivity contribution in [2.75, 3.05) is 0 Å². The average molecular weight is 664 g/mol. The predicted molar refractivity (Wildman–Crippen MR) is 162 cm³/mol. The lowest BCUT2D eigenvalue weighted by Gasteiger charge is -2.09. The van der Waals surface area contributed by atoms with Gasteiger partial charge >= 0.3 is 0 Å². The summed E-state index contributed by atoms with van der Waals surface area (Å²) in [6.07, 6.45) is 1.60. The van der Waals surface area contributed by atoms with Gasteiger partial charge in [-0.25, -0.2) is 4.98 Å². The number of furan rings is 1. The number of para-hydroxylation sites is 1. The standard InChI is InChI=1S/C30H18Br2ClN3O3/c31-21-9-8-19(25(32)15-21)17-38-23-5-3-4-18(12-23)16-34-36-29(35-26-7-2-1-6-24(26)30(36)37)28-14-20-13-22(33)10-11-27(20)39-28/h1-16H,17H2. The van der Waals surface area contributed by atoms with E-state index in [-0.39, 0.29) is 11.4 Å². The smallest absolute Gasteiger partial charge is 0.282 e. The summed E-state index contributed by atoms with van der Waals surface area (Å²) in [4.78, 5) is 18.2. The number of aromatic nitrogens is 2. The molecule has 0 fully saturated rings. The highest BCUT2D eigenvalue weighted by atomic mass is 79.9. The number of benzene rings is 4. The van der Waals surface area contributed by atoms with E-state index in [1.807, 2.05) is 48.5 Å². The van der Waals surface area contributed by atoms with Gasteiger partial charge in [-0.05, 0) is 66.2 Å². The summed E-state index contributed by atoms with van der Waals surface area (Å²) in [6.45, 7) is 0.392. The zero-order valence-electron chi connectivity index (χ0n) is 20.1. The third-order valence-corrected chi connectivity index (χ3v) is 7.51. The van der Waals surface area contributed by atoms with Crippen LogP contribution in [0.4, 0.5) is 0 Å². The maximum absolute atomic E-state index is 13.5. The molecule has 6 nitrogen and oxygen atoms in total. The Labute approximate surface area is 244 Å². The van der Waals surface area contributed by atoms with Crippen LogP contribution >= 0.6 is 43.5 Å². The van der Waals surface area contributed by atoms with Gasteiger partial charge in [0.15, 0.2) is 5.76 Å². The summed E-state index contributed by atoms with van der Waals surface area (Å²) in [7, 11) is 0. The van der Waals surface area contributed by atoms with Crippen LogP contribution in [0.5, 0.6) is 5.75 Å². The summed E-state index contributed by atoms with van der Waals surface area (Å²) in [5, 5.41) is 6.38. The minimum Gasteiger partial charge on any atom is -0.489 e. The van der Waals surface area contributed by atoms with E-state index < -0.39 is 0 Å². The quantitative estimate of drug-likeness (QED) is 0.168. The number of rotatable bonds is 6. The number of hydrogen-bond acceptors (Lipinski definition) is 5. The Bertz CT molecular complexity index is 1950. The van der Waals surface area contributed by atoms with Crippen molar-refractivity contribution in [2.45, 2.75) is 6.61 Å². The highest BCUT2D eigenvalue weighted by Gasteiger charge is 2.16. The van der Waals surface area contributed by atoms with Gasteiger partial charge in [0.2, 0.25) is 5.82 Å². The fourth-order valence-electron chi connectivity index (χ4n) is 4.12. The van der Waals surface area contributed by atoms with Gasteiger partial charge in [0.05, 0.1) is 17.1 Å². The lowest BCUT2D eigenvalue weighted by atomic mass is 10.2. The molecule has 192 valence electrons. The van der Waals surface area contributed by atoms with Crippen LogP contribution in [0.25, 0.3) is 33.5 Å². The van der Waals surface area contributed by atoms with Crippen molar-refractivity contribution in [2.24, 2.45) is 5.10 Å². The molecule has 6 aromatic rings. The van der Waals surface area contributed by atoms with E-state index in [9.17, 15) is 4.79 Å². The molecule has 0 atom stereocenters. The van der Waals surface area contributed by atoms with Crippen molar-refractivity contribution in [3.8, 4) is 17.3 Å². The van der Waals surface area contributed by atoms with Crippen molar-refractivity contribution >= 4 is 71.5 Å². The largest absolute Gasteiger partial charge is 0.489 e. The SMILES string of the molecule is O=c1c2ccccc2nc(-c2cc3cc(Cl)ccc3o2)n1N=Cc1cccc(OCc2ccc(Br)cc2Br)c1. The van der Waals surface area contributed by atoms with Crippen LogP contribution in [0.15, 0.2) is 114 Å². The molecule has 9 heteroatoms. The molecule has 0 spiro atoms. The Kier molecular flexibility index (Phi) is 7.08. The van der Waals surface area contributed by atoms with Gasteiger partial charge in [0, 0.05) is 24.9 Å². The zero-order valence-corrected chi connectivity index (χ0v) is 24.1. The molecular weight excluding hydrogens is 646 g/mol. The molecule has 0 N–H and O–H groups in total. The first-order valence-electron chi connectivity index (χ1n) is 11.9. The molecule has 2 heterocycles. The van der Waals surface area contributed by atoms with E-state index in [4.69, 9.17) is 25.7 Å². The molecular formula is C30H18Br2ClN3O3. The van der Waals surface area contributed by atoms with Crippen molar-refractivity contribution in [1.29, 1.82) is 0 Å². The molecule has 0 radical (unpaired) electrons. The van der Waals surface area contributed by atoms with Crippen LogP contribution in [-0.2, 0) is 6.61 Å². The fraction of sp³-hybridized carbons (Fsp3) is 0.0333. The molecule has 0 bridgehead atoms. The molecule has 0 saturated carbocycles. The number of ether oxygens (including phenoxy) is 1. The van der Waals surface area contributed by atoms with Crippen molar-refractivity contribution in [1.82, 2.24) is 9.66 Å². The van der Waals surface area contributed by atoms with Crippen LogP contribution in [0.3, 0.4) is 0 Å². The minimum absolute atomic E-state index is 0.287. The predicted octanol–water partition coefficient (Wildman–Crippen LogP) is 8.45. The Morgan fingerprint density at radius 2 is 1.85 bits per heavy atom. The van der Waals surface area contributed by atoms with E-state index in [0.717, 1.165) is 25.5 Å². The molecule has 0 unspecified atom stereocenters. The molecule has 4 aromatic carbocycles. The summed E-state index contributed by atoms with van der Waals surface area (Å²) in [6, 6.07) is 27.7. The second-order valence-corrected chi connectivity index (χ2v) is 10.9. The number of nitrogens with zero attached hydrogens (tertiary/aromatic N) is 3. The summed E-state index contributed by atoms with van der Waals surface area (Å²) in [5.74, 6) is 1.37. The topological polar surface area (TPSA) is 69.6 Å². The van der Waals surface area contributed by atoms with Crippen molar-refractivity contribution in [3.05, 3.63) is 126 Å². The van der Waals surface area contributed by atoms with Crippen LogP contribution in [0.2, 0.25) is 5.02 Å². The van der Waals surface area contributed by atoms with Gasteiger partial charge in [-0.1, -0.05) is 73.8 Å². The van der Waals surface area contributed by atoms with Crippen LogP contribution < -0.4 is 10.3 Å². The molecule has 0 amide bonds. The fourth-order valence-corrected chi connectivity index (χ4v) is 5.47. The normalized spacial score (nSPS) is 11.6. The van der Waals surface area contributed by atoms with Gasteiger partial charge in [-0.3, -0.25) is 4.79 Å². The van der Waals surface area contributed by atoms with E-state index in [1.165, 1.54) is 4.68 Å². The Morgan fingerprint density at radius 1 is 0.974 bits per heavy atom. The van der Waals surface area contributed by atoms with E-state index >= 15 is 0 Å². The second-order valence-electron chi connectivity index (χ2n) is 8.70. The Balaban J connectivity index is 1.36. The summed E-state index contributed by atoms with van der Waals surface area (Å²) < 4.78 is 15.2. The third kappa shape index (κ3) is 5.41. The lowest BCUT2D eigenvalue weighted by molar-refractivity contribution is 0.305. The first-order chi connectivity index (χ1) is 18.9. The molecule has 6 rings (SSSR count). The van der Waals surface area contributed by atoms with Gasteiger partial charge in [0.25, 0.3) is 5.56 Å². The van der Waals surface area contributed by atoms with E-state index in [0.29, 0.717) is 39.6 Å². The van der Waals surface area contributed by atoms with Gasteiger partial charge in [-0.2, -0.15) is 9.78 Å². The lowest BCUT2D eigenvalue weighted by Crippen LogP contribution is -2.20. The third-order valence-electron chi connectivity index (χ3n) is 6.04. The maximum atomic E-state index is 13.5. The molecule has 39 heavy (non-hydrogen) atoms. The molecule has 0 aliphatic carbocycles. The maximum Gasteiger partial charge on any atom is 0.282 e. The molecule has 2 aromatic heterocycles. The molecule has 0 aliphatic heterocycles. The number of fused-ring (bicyclic) bond motifs is 2. The number of hydrogen-bond donors (Lipinski definition) is 0. The van der Waals surface area contributed by atoms with Crippen molar-refractivity contribution < 1.29 is 9.15 Å². The van der Waals surface area contributed by atoms with Crippen LogP contribution in [0.1, 0.15) is 11.1 Å². The highest BCUT2D eigenvalue weighted by molar-refractivity contribution is 9.11. The van der Waals surface area contributed by atoms with Gasteiger partial charge < -0.3 is 9.15 Å².